The first-order valence-corrected chi connectivity index (χ1v) is 20.3. The van der Waals surface area contributed by atoms with Crippen LogP contribution in [-0.2, 0) is 26.9 Å². The molecule has 240 valence electrons. The zero-order valence-corrected chi connectivity index (χ0v) is 29.0. The van der Waals surface area contributed by atoms with Crippen LogP contribution in [0.3, 0.4) is 0 Å². The van der Waals surface area contributed by atoms with E-state index < -0.39 is 16.9 Å². The SMILES string of the molecule is CCCCc1cc2ccccc2c(S(=O)(=O)OP(c2ccccc2)(c2ccccc2)(c2ccccc2)c2ccccc2)c1CCCC. The molecule has 0 bridgehead atoms. The Labute approximate surface area is 280 Å². The molecule has 47 heavy (non-hydrogen) atoms. The molecule has 0 N–H and O–H groups in total. The van der Waals surface area contributed by atoms with Gasteiger partial charge in [0.25, 0.3) is 0 Å². The summed E-state index contributed by atoms with van der Waals surface area (Å²) in [6.45, 7) is -0.157. The number of aryl methyl sites for hydroxylation is 1. The predicted octanol–water partition coefficient (Wildman–Crippen LogP) is 9.00. The predicted molar refractivity (Wildman–Crippen MR) is 201 cm³/mol. The number of rotatable bonds is 13. The molecule has 0 aliphatic rings. The summed E-state index contributed by atoms with van der Waals surface area (Å²) in [6.07, 6.45) is 5.35. The first kappa shape index (κ1) is 32.8. The van der Waals surface area contributed by atoms with E-state index >= 15 is 8.42 Å². The van der Waals surface area contributed by atoms with E-state index in [9.17, 15) is 0 Å². The van der Waals surface area contributed by atoms with Gasteiger partial charge in [0.05, 0.1) is 0 Å². The van der Waals surface area contributed by atoms with Crippen LogP contribution >= 0.6 is 6.83 Å². The van der Waals surface area contributed by atoms with Gasteiger partial charge >= 0.3 is 281 Å². The summed E-state index contributed by atoms with van der Waals surface area (Å²) in [5.74, 6) is 0. The first-order valence-electron chi connectivity index (χ1n) is 16.7. The van der Waals surface area contributed by atoms with Gasteiger partial charge in [0.2, 0.25) is 0 Å². The zero-order valence-electron chi connectivity index (χ0n) is 27.3. The molecule has 0 unspecified atom stereocenters. The molecule has 0 saturated carbocycles. The Morgan fingerprint density at radius 2 is 0.936 bits per heavy atom. The van der Waals surface area contributed by atoms with E-state index in [4.69, 9.17) is 3.97 Å². The molecule has 0 fully saturated rings. The van der Waals surface area contributed by atoms with E-state index in [1.807, 2.05) is 146 Å². The van der Waals surface area contributed by atoms with Crippen molar-refractivity contribution in [3.05, 3.63) is 163 Å². The molecule has 0 atom stereocenters. The van der Waals surface area contributed by atoms with Gasteiger partial charge in [-0.3, -0.25) is 0 Å². The average molecular weight is 659 g/mol. The van der Waals surface area contributed by atoms with Crippen molar-refractivity contribution >= 4 is 48.9 Å². The van der Waals surface area contributed by atoms with Crippen LogP contribution < -0.4 is 21.2 Å². The Hall–Kier alpha value is -4.08. The minimum absolute atomic E-state index is 0.308. The molecular weight excluding hydrogens is 616 g/mol. The van der Waals surface area contributed by atoms with Crippen molar-refractivity contribution in [1.29, 1.82) is 0 Å². The second-order valence-electron chi connectivity index (χ2n) is 12.2. The standard InChI is InChI=1S/C42H43O3PS/c1-3-5-21-34-33-35-22-19-20-32-41(35)42(40(34)31-6-4-2)47(43,44)45-46(36-23-11-7-12-24-36,37-25-13-8-14-26-37,38-27-15-9-16-28-38)39-29-17-10-18-30-39/h7-20,22-30,32-33H,3-6,21,31H2,1-2H3. The van der Waals surface area contributed by atoms with Crippen LogP contribution in [0, 0.1) is 0 Å². The molecule has 6 aromatic rings. The van der Waals surface area contributed by atoms with Gasteiger partial charge in [-0.25, -0.2) is 0 Å². The van der Waals surface area contributed by atoms with Crippen LogP contribution in [0.4, 0.5) is 0 Å². The molecule has 5 heteroatoms. The third-order valence-electron chi connectivity index (χ3n) is 9.27. The molecule has 0 aliphatic carbocycles. The summed E-state index contributed by atoms with van der Waals surface area (Å²) >= 11 is 0. The fraction of sp³-hybridized carbons (Fsp3) is 0.190. The van der Waals surface area contributed by atoms with E-state index in [0.29, 0.717) is 16.7 Å². The molecular formula is C42H43O3PS. The van der Waals surface area contributed by atoms with Crippen LogP contribution in [0.5, 0.6) is 0 Å². The van der Waals surface area contributed by atoms with Crippen molar-refractivity contribution in [2.24, 2.45) is 0 Å². The second-order valence-corrected chi connectivity index (χ2v) is 18.2. The van der Waals surface area contributed by atoms with Crippen molar-refractivity contribution in [2.75, 3.05) is 0 Å². The molecule has 0 saturated heterocycles. The van der Waals surface area contributed by atoms with Gasteiger partial charge in [-0.05, 0) is 0 Å². The van der Waals surface area contributed by atoms with Crippen LogP contribution in [-0.4, -0.2) is 8.42 Å². The second kappa shape index (κ2) is 14.0. The monoisotopic (exact) mass is 658 g/mol. The summed E-state index contributed by atoms with van der Waals surface area (Å²) in [5, 5.41) is 4.93. The van der Waals surface area contributed by atoms with E-state index in [-0.39, 0.29) is 0 Å². The quantitative estimate of drug-likeness (QED) is 0.116. The maximum atomic E-state index is 15.8. The zero-order chi connectivity index (χ0) is 32.8. The number of hydrogen-bond donors (Lipinski definition) is 0. The molecule has 3 nitrogen and oxygen atoms in total. The Morgan fingerprint density at radius 3 is 1.38 bits per heavy atom. The molecule has 0 aliphatic heterocycles. The van der Waals surface area contributed by atoms with Gasteiger partial charge in [0.1, 0.15) is 0 Å². The van der Waals surface area contributed by atoms with Gasteiger partial charge in [-0.15, -0.1) is 0 Å². The van der Waals surface area contributed by atoms with Crippen molar-refractivity contribution in [2.45, 2.75) is 57.3 Å². The normalized spacial score (nSPS) is 12.9. The van der Waals surface area contributed by atoms with Gasteiger partial charge < -0.3 is 0 Å². The maximum absolute atomic E-state index is 15.8. The fourth-order valence-electron chi connectivity index (χ4n) is 7.07. The molecule has 0 radical (unpaired) electrons. The summed E-state index contributed by atoms with van der Waals surface area (Å²) in [4.78, 5) is 0.308. The minimum atomic E-state index is -4.49. The van der Waals surface area contributed by atoms with Crippen molar-refractivity contribution < 1.29 is 12.4 Å². The fourth-order valence-corrected chi connectivity index (χ4v) is 16.1. The molecule has 0 heterocycles. The van der Waals surface area contributed by atoms with E-state index in [0.717, 1.165) is 69.8 Å². The molecule has 0 aromatic heterocycles. The van der Waals surface area contributed by atoms with Gasteiger partial charge in [-0.2, -0.15) is 0 Å². The molecule has 6 rings (SSSR count). The van der Waals surface area contributed by atoms with Crippen LogP contribution in [0.1, 0.15) is 50.7 Å². The van der Waals surface area contributed by atoms with Gasteiger partial charge in [0, 0.05) is 0 Å². The summed E-state index contributed by atoms with van der Waals surface area (Å²) in [7, 11) is -4.45. The van der Waals surface area contributed by atoms with E-state index in [2.05, 4.69) is 19.9 Å². The van der Waals surface area contributed by atoms with Crippen molar-refractivity contribution in [3.63, 3.8) is 0 Å². The van der Waals surface area contributed by atoms with Crippen LogP contribution in [0.25, 0.3) is 10.8 Å². The van der Waals surface area contributed by atoms with E-state index in [1.54, 1.807) is 0 Å². The molecule has 0 amide bonds. The summed E-state index contributed by atoms with van der Waals surface area (Å²) < 4.78 is 39.0. The third kappa shape index (κ3) is 5.74. The first-order chi connectivity index (χ1) is 23.0. The third-order valence-corrected chi connectivity index (χ3v) is 17.3. The average Bonchev–Trinajstić information content (AvgIpc) is 3.13. The van der Waals surface area contributed by atoms with Crippen molar-refractivity contribution in [1.82, 2.24) is 0 Å². The number of fused-ring (bicyclic) bond motifs is 1. The Balaban J connectivity index is 1.80. The van der Waals surface area contributed by atoms with Crippen LogP contribution in [0.2, 0.25) is 0 Å². The Bertz CT molecular complexity index is 1880. The molecule has 6 aromatic carbocycles. The van der Waals surface area contributed by atoms with Gasteiger partial charge in [0.15, 0.2) is 0 Å². The van der Waals surface area contributed by atoms with Crippen LogP contribution in [0.15, 0.2) is 157 Å². The van der Waals surface area contributed by atoms with E-state index in [1.165, 1.54) is 0 Å². The Morgan fingerprint density at radius 1 is 0.532 bits per heavy atom. The van der Waals surface area contributed by atoms with Crippen molar-refractivity contribution in [3.8, 4) is 0 Å². The number of benzene rings is 6. The summed E-state index contributed by atoms with van der Waals surface area (Å²) in [5.41, 5.74) is 1.98. The topological polar surface area (TPSA) is 43.4 Å². The number of hydrogen-bond acceptors (Lipinski definition) is 3. The molecule has 0 spiro atoms. The Kier molecular flexibility index (Phi) is 9.75. The number of unbranched alkanes of at least 4 members (excludes halogenated alkanes) is 2. The summed E-state index contributed by atoms with van der Waals surface area (Å²) in [6, 6.07) is 50.1. The van der Waals surface area contributed by atoms with Gasteiger partial charge in [-0.1, -0.05) is 0 Å².